The number of nitrogens with two attached hydrogens (primary N) is 1. The molecule has 1 aliphatic rings. The topological polar surface area (TPSA) is 80.0 Å². The first-order valence-corrected chi connectivity index (χ1v) is 8.29. The molecule has 1 saturated heterocycles. The third-order valence-electron chi connectivity index (χ3n) is 3.73. The fraction of sp³-hybridized carbons (Fsp3) is 0.875. The third-order valence-corrected chi connectivity index (χ3v) is 3.73. The second kappa shape index (κ2) is 8.25. The number of nitrogens with zero attached hydrogens (tertiary/aromatic N) is 2. The van der Waals surface area contributed by atoms with Gasteiger partial charge >= 0.3 is 6.09 Å². The number of piperidine rings is 1. The second-order valence-electron chi connectivity index (χ2n) is 7.00. The van der Waals surface area contributed by atoms with Crippen molar-refractivity contribution in [3.63, 3.8) is 0 Å². The second-order valence-corrected chi connectivity index (χ2v) is 7.00. The summed E-state index contributed by atoms with van der Waals surface area (Å²) < 4.78 is 5.49. The van der Waals surface area contributed by atoms with E-state index < -0.39 is 5.60 Å². The third kappa shape index (κ3) is 6.54. The van der Waals surface area contributed by atoms with Crippen LogP contribution in [-0.4, -0.2) is 47.7 Å². The molecule has 0 spiro atoms. The molecule has 1 heterocycles. The number of carbonyl (C=O) groups excluding carboxylic acids is 1. The molecule has 1 fully saturated rings. The molecule has 22 heavy (non-hydrogen) atoms. The lowest BCUT2D eigenvalue weighted by atomic mass is 10.0. The minimum absolute atomic E-state index is 0.0703. The average Bonchev–Trinajstić information content (AvgIpc) is 2.43. The van der Waals surface area contributed by atoms with Gasteiger partial charge in [0.25, 0.3) is 0 Å². The van der Waals surface area contributed by atoms with Crippen LogP contribution in [0.2, 0.25) is 0 Å². The van der Waals surface area contributed by atoms with Crippen molar-refractivity contribution in [2.24, 2.45) is 10.7 Å². The maximum Gasteiger partial charge on any atom is 0.410 e. The summed E-state index contributed by atoms with van der Waals surface area (Å²) in [6, 6.07) is 0.373. The van der Waals surface area contributed by atoms with Crippen LogP contribution in [0.4, 0.5) is 4.79 Å². The van der Waals surface area contributed by atoms with E-state index in [2.05, 4.69) is 24.2 Å². The number of likely N-dealkylation sites (tertiary alicyclic amines) is 1. The molecule has 6 nitrogen and oxygen atoms in total. The van der Waals surface area contributed by atoms with Crippen LogP contribution in [0, 0.1) is 0 Å². The van der Waals surface area contributed by atoms with Gasteiger partial charge in [0.2, 0.25) is 0 Å². The SMILES string of the molecule is CCC(C)NC(N)=NCC1CCCCN1C(=O)OC(C)(C)C. The minimum Gasteiger partial charge on any atom is -0.444 e. The predicted octanol–water partition coefficient (Wildman–Crippen LogP) is 2.48. The van der Waals surface area contributed by atoms with Gasteiger partial charge in [-0.1, -0.05) is 6.92 Å². The highest BCUT2D eigenvalue weighted by molar-refractivity contribution is 5.78. The number of guanidine groups is 1. The van der Waals surface area contributed by atoms with Crippen LogP contribution in [0.3, 0.4) is 0 Å². The molecule has 0 bridgehead atoms. The van der Waals surface area contributed by atoms with Gasteiger partial charge in [0.05, 0.1) is 12.6 Å². The summed E-state index contributed by atoms with van der Waals surface area (Å²) in [6.45, 7) is 11.1. The van der Waals surface area contributed by atoms with Gasteiger partial charge in [-0.05, 0) is 53.4 Å². The molecule has 0 saturated carbocycles. The molecule has 0 radical (unpaired) electrons. The largest absolute Gasteiger partial charge is 0.444 e. The van der Waals surface area contributed by atoms with Crippen LogP contribution in [0.5, 0.6) is 0 Å². The summed E-state index contributed by atoms with van der Waals surface area (Å²) >= 11 is 0. The number of amides is 1. The molecule has 0 aliphatic carbocycles. The Morgan fingerprint density at radius 1 is 1.45 bits per heavy atom. The fourth-order valence-corrected chi connectivity index (χ4v) is 2.36. The molecule has 1 amide bonds. The standard InChI is InChI=1S/C16H32N4O2/c1-6-12(2)19-14(17)18-11-13-9-7-8-10-20(13)15(21)22-16(3,4)5/h12-13H,6-11H2,1-5H3,(H3,17,18,19). The Bertz CT molecular complexity index is 390. The molecule has 3 N–H and O–H groups in total. The number of ether oxygens (including phenoxy) is 1. The number of aliphatic imine (C=N–C) groups is 1. The van der Waals surface area contributed by atoms with Gasteiger partial charge < -0.3 is 20.7 Å². The Hall–Kier alpha value is -1.46. The zero-order valence-electron chi connectivity index (χ0n) is 14.7. The Balaban J connectivity index is 2.62. The van der Waals surface area contributed by atoms with Crippen LogP contribution >= 0.6 is 0 Å². The Morgan fingerprint density at radius 2 is 2.14 bits per heavy atom. The summed E-state index contributed by atoms with van der Waals surface area (Å²) in [5.74, 6) is 0.448. The maximum atomic E-state index is 12.3. The van der Waals surface area contributed by atoms with Gasteiger partial charge in [-0.2, -0.15) is 0 Å². The molecule has 0 aromatic heterocycles. The van der Waals surface area contributed by atoms with Crippen molar-refractivity contribution in [3.05, 3.63) is 0 Å². The van der Waals surface area contributed by atoms with Crippen LogP contribution in [0.1, 0.15) is 60.3 Å². The number of nitrogens with one attached hydrogen (secondary N) is 1. The van der Waals surface area contributed by atoms with Crippen molar-refractivity contribution in [2.75, 3.05) is 13.1 Å². The lowest BCUT2D eigenvalue weighted by Crippen LogP contribution is -2.48. The lowest BCUT2D eigenvalue weighted by Gasteiger charge is -2.36. The van der Waals surface area contributed by atoms with E-state index in [0.29, 0.717) is 18.5 Å². The van der Waals surface area contributed by atoms with Crippen molar-refractivity contribution >= 4 is 12.1 Å². The van der Waals surface area contributed by atoms with Crippen molar-refractivity contribution in [1.82, 2.24) is 10.2 Å². The van der Waals surface area contributed by atoms with E-state index in [0.717, 1.165) is 32.2 Å². The molecule has 1 aliphatic heterocycles. The van der Waals surface area contributed by atoms with Gasteiger partial charge in [-0.3, -0.25) is 4.99 Å². The van der Waals surface area contributed by atoms with Gasteiger partial charge in [-0.15, -0.1) is 0 Å². The van der Waals surface area contributed by atoms with Crippen molar-refractivity contribution < 1.29 is 9.53 Å². The quantitative estimate of drug-likeness (QED) is 0.617. The molecule has 1 rings (SSSR count). The summed E-state index contributed by atoms with van der Waals surface area (Å²) in [6.07, 6.45) is 3.81. The highest BCUT2D eigenvalue weighted by Gasteiger charge is 2.30. The highest BCUT2D eigenvalue weighted by atomic mass is 16.6. The average molecular weight is 312 g/mol. The maximum absolute atomic E-state index is 12.3. The van der Waals surface area contributed by atoms with E-state index in [1.807, 2.05) is 20.8 Å². The summed E-state index contributed by atoms with van der Waals surface area (Å²) in [5.41, 5.74) is 5.42. The van der Waals surface area contributed by atoms with E-state index >= 15 is 0 Å². The van der Waals surface area contributed by atoms with Crippen LogP contribution in [-0.2, 0) is 4.74 Å². The molecule has 6 heteroatoms. The van der Waals surface area contributed by atoms with Crippen LogP contribution < -0.4 is 11.1 Å². The molecule has 0 aromatic rings. The van der Waals surface area contributed by atoms with E-state index in [-0.39, 0.29) is 12.1 Å². The summed E-state index contributed by atoms with van der Waals surface area (Å²) in [4.78, 5) is 18.5. The number of hydrogen-bond acceptors (Lipinski definition) is 3. The smallest absolute Gasteiger partial charge is 0.410 e. The number of carbonyl (C=O) groups is 1. The van der Waals surface area contributed by atoms with Gasteiger partial charge in [0.1, 0.15) is 5.60 Å². The predicted molar refractivity (Wildman–Crippen MR) is 90.0 cm³/mol. The first-order chi connectivity index (χ1) is 10.2. The molecule has 0 aromatic carbocycles. The van der Waals surface area contributed by atoms with Gasteiger partial charge in [0.15, 0.2) is 5.96 Å². The highest BCUT2D eigenvalue weighted by Crippen LogP contribution is 2.20. The van der Waals surface area contributed by atoms with E-state index in [1.165, 1.54) is 0 Å². The Kier molecular flexibility index (Phi) is 6.97. The van der Waals surface area contributed by atoms with Crippen molar-refractivity contribution in [1.29, 1.82) is 0 Å². The number of rotatable bonds is 4. The zero-order valence-corrected chi connectivity index (χ0v) is 14.7. The first-order valence-electron chi connectivity index (χ1n) is 8.29. The Labute approximate surface area is 134 Å². The molecule has 128 valence electrons. The van der Waals surface area contributed by atoms with E-state index in [1.54, 1.807) is 4.90 Å². The van der Waals surface area contributed by atoms with E-state index in [9.17, 15) is 4.79 Å². The van der Waals surface area contributed by atoms with Crippen LogP contribution in [0.15, 0.2) is 4.99 Å². The van der Waals surface area contributed by atoms with Gasteiger partial charge in [0, 0.05) is 12.6 Å². The lowest BCUT2D eigenvalue weighted by molar-refractivity contribution is 0.0110. The molecular formula is C16H32N4O2. The van der Waals surface area contributed by atoms with Crippen LogP contribution in [0.25, 0.3) is 0 Å². The normalized spacial score (nSPS) is 21.4. The van der Waals surface area contributed by atoms with Crippen molar-refractivity contribution in [2.45, 2.75) is 78.0 Å². The fourth-order valence-electron chi connectivity index (χ4n) is 2.36. The minimum atomic E-state index is -0.473. The van der Waals surface area contributed by atoms with Gasteiger partial charge in [-0.25, -0.2) is 4.79 Å². The molecule has 2 atom stereocenters. The number of hydrogen-bond donors (Lipinski definition) is 2. The first kappa shape index (κ1) is 18.6. The molecular weight excluding hydrogens is 280 g/mol. The van der Waals surface area contributed by atoms with Crippen molar-refractivity contribution in [3.8, 4) is 0 Å². The van der Waals surface area contributed by atoms with E-state index in [4.69, 9.17) is 10.5 Å². The summed E-state index contributed by atoms with van der Waals surface area (Å²) in [5, 5.41) is 3.14. The Morgan fingerprint density at radius 3 is 2.73 bits per heavy atom. The monoisotopic (exact) mass is 312 g/mol. The zero-order chi connectivity index (χ0) is 16.8. The molecule has 2 unspecified atom stereocenters. The summed E-state index contributed by atoms with van der Waals surface area (Å²) in [7, 11) is 0.